The van der Waals surface area contributed by atoms with Crippen LogP contribution in [0.25, 0.3) is 0 Å². The van der Waals surface area contributed by atoms with Crippen LogP contribution in [0.2, 0.25) is 0 Å². The van der Waals surface area contributed by atoms with E-state index >= 15 is 0 Å². The Morgan fingerprint density at radius 1 is 1.30 bits per heavy atom. The molecule has 0 aromatic rings. The third kappa shape index (κ3) is 0.616. The molecule has 10 heavy (non-hydrogen) atoms. The first-order chi connectivity index (χ1) is 4.42. The maximum atomic E-state index is 12.1. The van der Waals surface area contributed by atoms with Gasteiger partial charge < -0.3 is 0 Å². The highest BCUT2D eigenvalue weighted by Gasteiger charge is 2.64. The van der Waals surface area contributed by atoms with Crippen LogP contribution >= 0.6 is 0 Å². The van der Waals surface area contributed by atoms with Crippen LogP contribution < -0.4 is 0 Å². The predicted octanol–water partition coefficient (Wildman–Crippen LogP) is 2.38. The molecule has 0 saturated carbocycles. The fraction of sp³-hybridized carbons (Fsp3) is 0.333. The van der Waals surface area contributed by atoms with Crippen LogP contribution in [0.5, 0.6) is 0 Å². The molecule has 0 aromatic heterocycles. The largest absolute Gasteiger partial charge is 0.339 e. The zero-order chi connectivity index (χ0) is 7.99. The first-order valence-corrected chi connectivity index (χ1v) is 2.53. The van der Waals surface area contributed by atoms with E-state index < -0.39 is 17.4 Å². The first-order valence-electron chi connectivity index (χ1n) is 2.53. The molecule has 0 bridgehead atoms. The predicted molar refractivity (Wildman–Crippen MR) is 28.2 cm³/mol. The molecule has 0 amide bonds. The van der Waals surface area contributed by atoms with E-state index in [0.717, 1.165) is 6.08 Å². The second kappa shape index (κ2) is 1.62. The molecule has 0 spiro atoms. The third-order valence-electron chi connectivity index (χ3n) is 1.34. The van der Waals surface area contributed by atoms with Crippen LogP contribution in [0.3, 0.4) is 0 Å². The highest BCUT2D eigenvalue weighted by molar-refractivity contribution is 5.41. The molecule has 0 heterocycles. The van der Waals surface area contributed by atoms with Crippen molar-refractivity contribution in [2.75, 3.05) is 0 Å². The molecule has 0 nitrogen and oxygen atoms in total. The van der Waals surface area contributed by atoms with Crippen LogP contribution in [0, 0.1) is 0 Å². The van der Waals surface area contributed by atoms with E-state index in [-0.39, 0.29) is 6.08 Å². The molecule has 0 aromatic carbocycles. The molecule has 0 N–H and O–H groups in total. The summed E-state index contributed by atoms with van der Waals surface area (Å²) in [6, 6.07) is 0. The van der Waals surface area contributed by atoms with E-state index in [9.17, 15) is 17.6 Å². The van der Waals surface area contributed by atoms with Crippen LogP contribution in [-0.4, -0.2) is 11.8 Å². The van der Waals surface area contributed by atoms with Crippen LogP contribution in [-0.2, 0) is 0 Å². The van der Waals surface area contributed by atoms with E-state index in [1.165, 1.54) is 0 Å². The van der Waals surface area contributed by atoms with E-state index in [2.05, 4.69) is 6.58 Å². The molecular formula is C6H4F4. The minimum atomic E-state index is -4.01. The molecule has 0 saturated heterocycles. The van der Waals surface area contributed by atoms with Gasteiger partial charge >= 0.3 is 11.8 Å². The average Bonchev–Trinajstić information content (AvgIpc) is 1.83. The van der Waals surface area contributed by atoms with Crippen molar-refractivity contribution in [1.82, 2.24) is 0 Å². The van der Waals surface area contributed by atoms with Crippen molar-refractivity contribution in [2.45, 2.75) is 11.8 Å². The molecule has 56 valence electrons. The van der Waals surface area contributed by atoms with E-state index in [1.807, 2.05) is 0 Å². The second-order valence-electron chi connectivity index (χ2n) is 2.00. The molecule has 1 aliphatic rings. The molecule has 0 atom stereocenters. The summed E-state index contributed by atoms with van der Waals surface area (Å²) in [5.74, 6) is -7.98. The molecule has 1 rings (SSSR count). The number of alkyl halides is 4. The average molecular weight is 152 g/mol. The Hall–Kier alpha value is -0.800. The quantitative estimate of drug-likeness (QED) is 0.506. The highest BCUT2D eigenvalue weighted by atomic mass is 19.3. The minimum Gasteiger partial charge on any atom is -0.195 e. The summed E-state index contributed by atoms with van der Waals surface area (Å²) in [6.07, 6.45) is 0.942. The maximum absolute atomic E-state index is 12.1. The Kier molecular flexibility index (Phi) is 1.18. The molecule has 1 aliphatic carbocycles. The lowest BCUT2D eigenvalue weighted by Gasteiger charge is -2.33. The van der Waals surface area contributed by atoms with Crippen LogP contribution in [0.15, 0.2) is 24.3 Å². The standard InChI is InChI=1S/C6H4F4/c1-2-4-3-5(7,8)6(4,9)10/h2-3H,1H2. The fourth-order valence-electron chi connectivity index (χ4n) is 0.678. The zero-order valence-corrected chi connectivity index (χ0v) is 4.87. The van der Waals surface area contributed by atoms with E-state index in [0.29, 0.717) is 0 Å². The van der Waals surface area contributed by atoms with Crippen molar-refractivity contribution in [3.63, 3.8) is 0 Å². The van der Waals surface area contributed by atoms with Crippen LogP contribution in [0.1, 0.15) is 0 Å². The van der Waals surface area contributed by atoms with Gasteiger partial charge in [0.2, 0.25) is 0 Å². The highest BCUT2D eigenvalue weighted by Crippen LogP contribution is 2.50. The second-order valence-corrected chi connectivity index (χ2v) is 2.00. The van der Waals surface area contributed by atoms with Gasteiger partial charge in [0, 0.05) is 11.6 Å². The molecule has 0 unspecified atom stereocenters. The van der Waals surface area contributed by atoms with Gasteiger partial charge in [-0.05, 0) is 0 Å². The summed E-state index contributed by atoms with van der Waals surface area (Å²) in [5.41, 5.74) is -0.697. The number of allylic oxidation sites excluding steroid dienone is 3. The van der Waals surface area contributed by atoms with Gasteiger partial charge in [-0.3, -0.25) is 0 Å². The molecule has 4 heteroatoms. The summed E-state index contributed by atoms with van der Waals surface area (Å²) >= 11 is 0. The lowest BCUT2D eigenvalue weighted by Crippen LogP contribution is -2.48. The van der Waals surface area contributed by atoms with Gasteiger partial charge in [-0.1, -0.05) is 12.7 Å². The Bertz CT molecular complexity index is 202. The normalized spacial score (nSPS) is 26.6. The van der Waals surface area contributed by atoms with Gasteiger partial charge in [0.25, 0.3) is 0 Å². The smallest absolute Gasteiger partial charge is 0.195 e. The number of halogens is 4. The lowest BCUT2D eigenvalue weighted by atomic mass is 9.89. The van der Waals surface area contributed by atoms with Crippen molar-refractivity contribution >= 4 is 0 Å². The number of hydrogen-bond acceptors (Lipinski definition) is 0. The Morgan fingerprint density at radius 3 is 1.90 bits per heavy atom. The summed E-state index contributed by atoms with van der Waals surface area (Å²) < 4.78 is 47.9. The van der Waals surface area contributed by atoms with E-state index in [1.54, 1.807) is 0 Å². The van der Waals surface area contributed by atoms with E-state index in [4.69, 9.17) is 0 Å². The Labute approximate surface area is 54.8 Å². The number of rotatable bonds is 1. The van der Waals surface area contributed by atoms with Crippen molar-refractivity contribution in [1.29, 1.82) is 0 Å². The van der Waals surface area contributed by atoms with Crippen LogP contribution in [0.4, 0.5) is 17.6 Å². The Morgan fingerprint density at radius 2 is 1.80 bits per heavy atom. The van der Waals surface area contributed by atoms with Gasteiger partial charge in [0.05, 0.1) is 0 Å². The molecular weight excluding hydrogens is 148 g/mol. The maximum Gasteiger partial charge on any atom is 0.339 e. The fourth-order valence-corrected chi connectivity index (χ4v) is 0.678. The lowest BCUT2D eigenvalue weighted by molar-refractivity contribution is -0.176. The minimum absolute atomic E-state index is 0.208. The Balaban J connectivity index is 2.98. The third-order valence-corrected chi connectivity index (χ3v) is 1.34. The summed E-state index contributed by atoms with van der Waals surface area (Å²) in [7, 11) is 0. The summed E-state index contributed by atoms with van der Waals surface area (Å²) in [6.45, 7) is 2.96. The molecule has 0 radical (unpaired) electrons. The van der Waals surface area contributed by atoms with Gasteiger partial charge in [-0.15, -0.1) is 0 Å². The zero-order valence-electron chi connectivity index (χ0n) is 4.87. The van der Waals surface area contributed by atoms with Gasteiger partial charge in [0.1, 0.15) is 0 Å². The van der Waals surface area contributed by atoms with Gasteiger partial charge in [-0.25, -0.2) is 0 Å². The SMILES string of the molecule is C=CC1=CC(F)(F)C1(F)F. The summed E-state index contributed by atoms with van der Waals surface area (Å²) in [4.78, 5) is 0. The molecule has 0 aliphatic heterocycles. The van der Waals surface area contributed by atoms with Gasteiger partial charge in [0.15, 0.2) is 0 Å². The number of hydrogen-bond donors (Lipinski definition) is 0. The first kappa shape index (κ1) is 7.31. The van der Waals surface area contributed by atoms with Crippen molar-refractivity contribution < 1.29 is 17.6 Å². The van der Waals surface area contributed by atoms with Crippen molar-refractivity contribution in [3.05, 3.63) is 24.3 Å². The monoisotopic (exact) mass is 152 g/mol. The summed E-state index contributed by atoms with van der Waals surface area (Å²) in [5, 5.41) is 0. The van der Waals surface area contributed by atoms with Crippen molar-refractivity contribution in [3.8, 4) is 0 Å². The van der Waals surface area contributed by atoms with Gasteiger partial charge in [-0.2, -0.15) is 17.6 Å². The van der Waals surface area contributed by atoms with Crippen molar-refractivity contribution in [2.24, 2.45) is 0 Å². The topological polar surface area (TPSA) is 0 Å². The molecule has 0 fully saturated rings.